The van der Waals surface area contributed by atoms with E-state index in [4.69, 9.17) is 0 Å². The molecule has 0 spiro atoms. The molecule has 0 heterocycles. The van der Waals surface area contributed by atoms with Gasteiger partial charge in [-0.2, -0.15) is 0 Å². The maximum atomic E-state index is 14.2. The molecule has 1 aromatic carbocycles. The molecule has 0 aromatic heterocycles. The van der Waals surface area contributed by atoms with E-state index < -0.39 is 23.7 Å². The van der Waals surface area contributed by atoms with E-state index in [2.05, 4.69) is 23.8 Å². The second kappa shape index (κ2) is 9.72. The molecule has 1 aromatic rings. The van der Waals surface area contributed by atoms with Crippen LogP contribution in [0.25, 0.3) is 0 Å². The largest absolute Gasteiger partial charge is 0.573 e. The van der Waals surface area contributed by atoms with Crippen LogP contribution in [-0.4, -0.2) is 6.36 Å². The first kappa shape index (κ1) is 23.6. The summed E-state index contributed by atoms with van der Waals surface area (Å²) in [5.74, 6) is -0.340. The number of ether oxygens (including phenoxy) is 1. The molecule has 0 bridgehead atoms. The number of hydrogen-bond acceptors (Lipinski definition) is 1. The third kappa shape index (κ3) is 5.48. The van der Waals surface area contributed by atoms with E-state index in [9.17, 15) is 22.0 Å². The van der Waals surface area contributed by atoms with Crippen molar-refractivity contribution in [1.29, 1.82) is 0 Å². The van der Waals surface area contributed by atoms with Gasteiger partial charge in [0.15, 0.2) is 11.6 Å². The first-order valence-corrected chi connectivity index (χ1v) is 12.1. The van der Waals surface area contributed by atoms with Crippen LogP contribution in [0.15, 0.2) is 24.3 Å². The highest BCUT2D eigenvalue weighted by Crippen LogP contribution is 2.51. The Hall–Kier alpha value is -1.59. The van der Waals surface area contributed by atoms with Crippen LogP contribution in [-0.2, 0) is 0 Å². The predicted octanol–water partition coefficient (Wildman–Crippen LogP) is 8.55. The number of alkyl halides is 3. The van der Waals surface area contributed by atoms with Gasteiger partial charge >= 0.3 is 6.36 Å². The van der Waals surface area contributed by atoms with Gasteiger partial charge in [-0.15, -0.1) is 13.2 Å². The molecule has 0 aliphatic heterocycles. The molecule has 3 aliphatic rings. The Morgan fingerprint density at radius 1 is 0.781 bits per heavy atom. The molecule has 3 saturated carbocycles. The number of fused-ring (bicyclic) bond motifs is 1. The third-order valence-electron chi connectivity index (χ3n) is 8.31. The molecular weight excluding hydrogens is 423 g/mol. The topological polar surface area (TPSA) is 9.23 Å². The zero-order valence-corrected chi connectivity index (χ0v) is 18.6. The molecule has 4 atom stereocenters. The van der Waals surface area contributed by atoms with Crippen LogP contribution in [0.3, 0.4) is 0 Å². The molecule has 0 saturated heterocycles. The van der Waals surface area contributed by atoms with Crippen LogP contribution in [0.5, 0.6) is 5.75 Å². The summed E-state index contributed by atoms with van der Waals surface area (Å²) in [5, 5.41) is 0. The van der Waals surface area contributed by atoms with Gasteiger partial charge in [0.25, 0.3) is 0 Å². The van der Waals surface area contributed by atoms with Crippen LogP contribution in [0, 0.1) is 41.2 Å². The molecule has 4 rings (SSSR count). The Morgan fingerprint density at radius 3 is 1.91 bits per heavy atom. The molecule has 178 valence electrons. The van der Waals surface area contributed by atoms with Gasteiger partial charge in [-0.25, -0.2) is 8.78 Å². The summed E-state index contributed by atoms with van der Waals surface area (Å²) in [6, 6.07) is 2.06. The molecule has 32 heavy (non-hydrogen) atoms. The van der Waals surface area contributed by atoms with Gasteiger partial charge in [0.1, 0.15) is 0 Å². The second-order valence-corrected chi connectivity index (χ2v) is 10.2. The zero-order chi connectivity index (χ0) is 22.9. The summed E-state index contributed by atoms with van der Waals surface area (Å²) >= 11 is 0. The van der Waals surface area contributed by atoms with Gasteiger partial charge in [0, 0.05) is 0 Å². The van der Waals surface area contributed by atoms with Gasteiger partial charge in [0.2, 0.25) is 5.75 Å². The van der Waals surface area contributed by atoms with Crippen LogP contribution in [0.2, 0.25) is 0 Å². The summed E-state index contributed by atoms with van der Waals surface area (Å²) in [4.78, 5) is 0. The maximum Gasteiger partial charge on any atom is 0.573 e. The van der Waals surface area contributed by atoms with E-state index in [0.717, 1.165) is 55.6 Å². The molecule has 0 radical (unpaired) electrons. The zero-order valence-electron chi connectivity index (χ0n) is 18.6. The molecule has 1 nitrogen and oxygen atoms in total. The summed E-state index contributed by atoms with van der Waals surface area (Å²) in [5.41, 5.74) is 0.456. The van der Waals surface area contributed by atoms with Crippen molar-refractivity contribution >= 4 is 0 Å². The Bertz CT molecular complexity index is 786. The van der Waals surface area contributed by atoms with E-state index in [1.807, 2.05) is 0 Å². The molecule has 0 N–H and O–H groups in total. The van der Waals surface area contributed by atoms with Crippen LogP contribution >= 0.6 is 0 Å². The Kier molecular flexibility index (Phi) is 7.16. The highest BCUT2D eigenvalue weighted by Gasteiger charge is 2.40. The fourth-order valence-corrected chi connectivity index (χ4v) is 6.77. The van der Waals surface area contributed by atoms with Crippen molar-refractivity contribution in [3.8, 4) is 5.75 Å². The summed E-state index contributed by atoms with van der Waals surface area (Å²) in [6.45, 7) is 2.09. The lowest BCUT2D eigenvalue weighted by molar-refractivity contribution is -0.276. The lowest BCUT2D eigenvalue weighted by atomic mass is 9.60. The van der Waals surface area contributed by atoms with Crippen LogP contribution in [0.4, 0.5) is 22.0 Å². The Morgan fingerprint density at radius 2 is 1.31 bits per heavy atom. The average molecular weight is 457 g/mol. The molecule has 3 fully saturated rings. The highest BCUT2D eigenvalue weighted by atomic mass is 19.4. The number of rotatable bonds is 4. The van der Waals surface area contributed by atoms with Gasteiger partial charge < -0.3 is 4.74 Å². The van der Waals surface area contributed by atoms with Crippen molar-refractivity contribution < 1.29 is 26.7 Å². The fraction of sp³-hybridized carbons (Fsp3) is 0.692. The Balaban J connectivity index is 1.35. The van der Waals surface area contributed by atoms with Gasteiger partial charge in [-0.1, -0.05) is 12.2 Å². The van der Waals surface area contributed by atoms with E-state index in [0.29, 0.717) is 17.4 Å². The normalized spacial score (nSPS) is 33.8. The van der Waals surface area contributed by atoms with Crippen molar-refractivity contribution in [2.45, 2.75) is 83.4 Å². The van der Waals surface area contributed by atoms with E-state index in [1.165, 1.54) is 38.5 Å². The summed E-state index contributed by atoms with van der Waals surface area (Å²) in [7, 11) is 0. The SMILES string of the molecule is C/C=C/C1CCC(C2CCC3CC(c4cc(F)c(OC(F)(F)F)c(F)c4)CCC3C2)CC1. The second-order valence-electron chi connectivity index (χ2n) is 10.2. The predicted molar refractivity (Wildman–Crippen MR) is 114 cm³/mol. The van der Waals surface area contributed by atoms with Crippen molar-refractivity contribution in [3.63, 3.8) is 0 Å². The number of hydrogen-bond donors (Lipinski definition) is 0. The fourth-order valence-electron chi connectivity index (χ4n) is 6.77. The minimum atomic E-state index is -5.12. The minimum absolute atomic E-state index is 0.00648. The standard InChI is InChI=1S/C26H33F5O/c1-2-3-16-4-6-17(7-5-16)18-8-9-20-13-21(11-10-19(20)12-18)22-14-23(27)25(24(28)15-22)32-26(29,30)31/h2-3,14-21H,4-13H2,1H3/b3-2+. The monoisotopic (exact) mass is 456 g/mol. The summed E-state index contributed by atoms with van der Waals surface area (Å²) < 4.78 is 69.1. The first-order valence-electron chi connectivity index (χ1n) is 12.1. The maximum absolute atomic E-state index is 14.2. The van der Waals surface area contributed by atoms with E-state index in [1.54, 1.807) is 0 Å². The number of allylic oxidation sites excluding steroid dienone is 2. The lowest BCUT2D eigenvalue weighted by Gasteiger charge is -2.45. The smallest absolute Gasteiger partial charge is 0.399 e. The van der Waals surface area contributed by atoms with Gasteiger partial charge in [-0.3, -0.25) is 0 Å². The van der Waals surface area contributed by atoms with Crippen LogP contribution < -0.4 is 4.74 Å². The van der Waals surface area contributed by atoms with Gasteiger partial charge in [0.05, 0.1) is 0 Å². The first-order chi connectivity index (χ1) is 15.2. The van der Waals surface area contributed by atoms with Crippen molar-refractivity contribution in [2.24, 2.45) is 29.6 Å². The van der Waals surface area contributed by atoms with Crippen LogP contribution in [0.1, 0.15) is 82.6 Å². The molecule has 0 amide bonds. The lowest BCUT2D eigenvalue weighted by Crippen LogP contribution is -2.34. The van der Waals surface area contributed by atoms with E-state index in [-0.39, 0.29) is 5.92 Å². The van der Waals surface area contributed by atoms with Crippen molar-refractivity contribution in [1.82, 2.24) is 0 Å². The quantitative estimate of drug-likeness (QED) is 0.326. The minimum Gasteiger partial charge on any atom is -0.399 e. The molecular formula is C26H33F5O. The molecule has 4 unspecified atom stereocenters. The third-order valence-corrected chi connectivity index (χ3v) is 8.31. The average Bonchev–Trinajstić information content (AvgIpc) is 2.75. The highest BCUT2D eigenvalue weighted by molar-refractivity contribution is 5.33. The molecule has 3 aliphatic carbocycles. The van der Waals surface area contributed by atoms with Gasteiger partial charge in [-0.05, 0) is 124 Å². The Labute approximate surface area is 187 Å². The number of halogens is 5. The number of benzene rings is 1. The van der Waals surface area contributed by atoms with Crippen molar-refractivity contribution in [3.05, 3.63) is 41.5 Å². The van der Waals surface area contributed by atoms with Crippen molar-refractivity contribution in [2.75, 3.05) is 0 Å². The summed E-state index contributed by atoms with van der Waals surface area (Å²) in [6.07, 6.45) is 11.0. The molecule has 6 heteroatoms. The van der Waals surface area contributed by atoms with E-state index >= 15 is 0 Å².